The van der Waals surface area contributed by atoms with Gasteiger partial charge in [-0.05, 0) is 31.2 Å². The normalized spacial score (nSPS) is 11.2. The molecule has 0 aliphatic rings. The largest absolute Gasteiger partial charge is 0.484 e. The van der Waals surface area contributed by atoms with Crippen LogP contribution in [0.25, 0.3) is 0 Å². The van der Waals surface area contributed by atoms with E-state index < -0.39 is 24.5 Å². The molecule has 2 aromatic carbocycles. The van der Waals surface area contributed by atoms with Crippen LogP contribution in [-0.4, -0.2) is 24.4 Å². The highest BCUT2D eigenvalue weighted by molar-refractivity contribution is 8.00. The van der Waals surface area contributed by atoms with Crippen molar-refractivity contribution < 1.29 is 27.1 Å². The maximum atomic E-state index is 13.5. The Balaban J connectivity index is 1.97. The number of rotatable bonds is 6. The Labute approximate surface area is 146 Å². The highest BCUT2D eigenvalue weighted by Gasteiger charge is 2.28. The van der Waals surface area contributed by atoms with E-state index in [4.69, 9.17) is 4.74 Å². The van der Waals surface area contributed by atoms with Crippen LogP contribution in [0.3, 0.4) is 0 Å². The summed E-state index contributed by atoms with van der Waals surface area (Å²) in [6.45, 7) is 0.139. The molecule has 0 aromatic heterocycles. The zero-order chi connectivity index (χ0) is 18.4. The van der Waals surface area contributed by atoms with Crippen molar-refractivity contribution in [3.8, 4) is 5.75 Å². The van der Waals surface area contributed by atoms with E-state index in [0.29, 0.717) is 16.1 Å². The summed E-state index contributed by atoms with van der Waals surface area (Å²) in [6.07, 6.45) is -4.44. The maximum Gasteiger partial charge on any atom is 0.422 e. The summed E-state index contributed by atoms with van der Waals surface area (Å²) >= 11 is 1.03. The molecule has 0 saturated heterocycles. The lowest BCUT2D eigenvalue weighted by Crippen LogP contribution is -2.20. The molecule has 2 aromatic rings. The van der Waals surface area contributed by atoms with Crippen molar-refractivity contribution in [3.63, 3.8) is 0 Å². The minimum Gasteiger partial charge on any atom is -0.484 e. The number of benzene rings is 2. The summed E-state index contributed by atoms with van der Waals surface area (Å²) in [6, 6.07) is 10.5. The number of carbonyl (C=O) groups is 1. The number of ether oxygens (including phenoxy) is 1. The zero-order valence-electron chi connectivity index (χ0n) is 13.2. The quantitative estimate of drug-likeness (QED) is 0.584. The Bertz CT molecular complexity index is 750. The van der Waals surface area contributed by atoms with Crippen LogP contribution in [-0.2, 0) is 4.79 Å². The molecule has 0 bridgehead atoms. The fourth-order valence-corrected chi connectivity index (χ4v) is 2.70. The average Bonchev–Trinajstić information content (AvgIpc) is 2.54. The van der Waals surface area contributed by atoms with Gasteiger partial charge in [0.2, 0.25) is 5.91 Å². The molecule has 0 aliphatic carbocycles. The number of hydrogen-bond donors (Lipinski definition) is 1. The van der Waals surface area contributed by atoms with Gasteiger partial charge in [0, 0.05) is 16.1 Å². The first-order valence-corrected chi connectivity index (χ1v) is 8.21. The third-order valence-corrected chi connectivity index (χ3v) is 4.19. The molecule has 25 heavy (non-hydrogen) atoms. The Hall–Kier alpha value is -2.22. The number of thioether (sulfide) groups is 1. The average molecular weight is 373 g/mol. The molecule has 134 valence electrons. The third-order valence-electron chi connectivity index (χ3n) is 3.14. The molecule has 1 N–H and O–H groups in total. The van der Waals surface area contributed by atoms with Crippen molar-refractivity contribution in [3.05, 3.63) is 53.8 Å². The van der Waals surface area contributed by atoms with Gasteiger partial charge in [0.15, 0.2) is 6.61 Å². The standard InChI is InChI=1S/C17H15F4NO2S/c1-11-13(6-4-7-14(11)24-10-17(19,20)21)22-16(23)9-25-15-8-3-2-5-12(15)18/h2-8H,9-10H2,1H3,(H,22,23). The Morgan fingerprint density at radius 1 is 1.16 bits per heavy atom. The maximum absolute atomic E-state index is 13.5. The van der Waals surface area contributed by atoms with Gasteiger partial charge in [0.05, 0.1) is 5.75 Å². The predicted molar refractivity (Wildman–Crippen MR) is 88.5 cm³/mol. The van der Waals surface area contributed by atoms with E-state index in [9.17, 15) is 22.4 Å². The minimum atomic E-state index is -4.44. The number of halogens is 4. The van der Waals surface area contributed by atoms with E-state index in [-0.39, 0.29) is 11.5 Å². The first-order chi connectivity index (χ1) is 11.8. The van der Waals surface area contributed by atoms with Crippen molar-refractivity contribution in [1.82, 2.24) is 0 Å². The van der Waals surface area contributed by atoms with E-state index >= 15 is 0 Å². The van der Waals surface area contributed by atoms with Crippen LogP contribution < -0.4 is 10.1 Å². The van der Waals surface area contributed by atoms with Crippen molar-refractivity contribution in [1.29, 1.82) is 0 Å². The van der Waals surface area contributed by atoms with Gasteiger partial charge in [-0.2, -0.15) is 13.2 Å². The van der Waals surface area contributed by atoms with Crippen LogP contribution in [0.5, 0.6) is 5.75 Å². The molecule has 0 fully saturated rings. The predicted octanol–water partition coefficient (Wildman–Crippen LogP) is 4.81. The van der Waals surface area contributed by atoms with Crippen molar-refractivity contribution in [2.45, 2.75) is 18.0 Å². The highest BCUT2D eigenvalue weighted by atomic mass is 32.2. The number of nitrogens with one attached hydrogen (secondary N) is 1. The van der Waals surface area contributed by atoms with Crippen LogP contribution in [0.4, 0.5) is 23.2 Å². The molecular formula is C17H15F4NO2S. The second kappa shape index (κ2) is 8.24. The van der Waals surface area contributed by atoms with E-state index in [2.05, 4.69) is 5.32 Å². The molecule has 0 spiro atoms. The monoisotopic (exact) mass is 373 g/mol. The van der Waals surface area contributed by atoms with Gasteiger partial charge >= 0.3 is 6.18 Å². The molecule has 0 heterocycles. The topological polar surface area (TPSA) is 38.3 Å². The highest BCUT2D eigenvalue weighted by Crippen LogP contribution is 2.28. The van der Waals surface area contributed by atoms with Gasteiger partial charge < -0.3 is 10.1 Å². The number of hydrogen-bond acceptors (Lipinski definition) is 3. The summed E-state index contributed by atoms with van der Waals surface area (Å²) in [5.74, 6) is -0.811. The van der Waals surface area contributed by atoms with Gasteiger partial charge in [0.25, 0.3) is 0 Å². The van der Waals surface area contributed by atoms with Gasteiger partial charge in [-0.15, -0.1) is 11.8 Å². The lowest BCUT2D eigenvalue weighted by molar-refractivity contribution is -0.153. The van der Waals surface area contributed by atoms with Crippen molar-refractivity contribution in [2.24, 2.45) is 0 Å². The summed E-state index contributed by atoms with van der Waals surface area (Å²) < 4.78 is 55.0. The smallest absolute Gasteiger partial charge is 0.422 e. The SMILES string of the molecule is Cc1c(NC(=O)CSc2ccccc2F)cccc1OCC(F)(F)F. The molecule has 2 rings (SSSR count). The van der Waals surface area contributed by atoms with Gasteiger partial charge in [-0.25, -0.2) is 4.39 Å². The fourth-order valence-electron chi connectivity index (χ4n) is 1.96. The Morgan fingerprint density at radius 3 is 2.56 bits per heavy atom. The summed E-state index contributed by atoms with van der Waals surface area (Å²) in [4.78, 5) is 12.3. The van der Waals surface area contributed by atoms with Crippen LogP contribution in [0.2, 0.25) is 0 Å². The summed E-state index contributed by atoms with van der Waals surface area (Å²) in [5, 5.41) is 2.59. The Kier molecular flexibility index (Phi) is 6.30. The van der Waals surface area contributed by atoms with Gasteiger partial charge in [-0.1, -0.05) is 18.2 Å². The lowest BCUT2D eigenvalue weighted by atomic mass is 10.2. The molecular weight excluding hydrogens is 358 g/mol. The van der Waals surface area contributed by atoms with E-state index in [1.165, 1.54) is 18.2 Å². The van der Waals surface area contributed by atoms with E-state index in [1.807, 2.05) is 0 Å². The molecule has 1 amide bonds. The second-order valence-corrected chi connectivity index (χ2v) is 6.12. The minimum absolute atomic E-state index is 0.0337. The fraction of sp³-hybridized carbons (Fsp3) is 0.235. The van der Waals surface area contributed by atoms with Crippen LogP contribution >= 0.6 is 11.8 Å². The molecule has 8 heteroatoms. The number of amides is 1. The number of carbonyl (C=O) groups excluding carboxylic acids is 1. The first-order valence-electron chi connectivity index (χ1n) is 7.22. The van der Waals surface area contributed by atoms with Crippen LogP contribution in [0.1, 0.15) is 5.56 Å². The summed E-state index contributed by atoms with van der Waals surface area (Å²) in [5.41, 5.74) is 0.731. The molecule has 3 nitrogen and oxygen atoms in total. The number of anilines is 1. The summed E-state index contributed by atoms with van der Waals surface area (Å²) in [7, 11) is 0. The molecule has 0 unspecified atom stereocenters. The van der Waals surface area contributed by atoms with Crippen LogP contribution in [0, 0.1) is 12.7 Å². The molecule has 0 saturated carbocycles. The first kappa shape index (κ1) is 19.1. The molecule has 0 atom stereocenters. The van der Waals surface area contributed by atoms with E-state index in [0.717, 1.165) is 11.8 Å². The molecule has 0 aliphatic heterocycles. The third kappa shape index (κ3) is 5.97. The zero-order valence-corrected chi connectivity index (χ0v) is 14.0. The van der Waals surface area contributed by atoms with Crippen LogP contribution in [0.15, 0.2) is 47.4 Å². The van der Waals surface area contributed by atoms with Gasteiger partial charge in [-0.3, -0.25) is 4.79 Å². The van der Waals surface area contributed by atoms with Crippen molar-refractivity contribution >= 4 is 23.4 Å². The van der Waals surface area contributed by atoms with Crippen molar-refractivity contribution in [2.75, 3.05) is 17.7 Å². The van der Waals surface area contributed by atoms with E-state index in [1.54, 1.807) is 31.2 Å². The molecule has 0 radical (unpaired) electrons. The Morgan fingerprint density at radius 2 is 1.88 bits per heavy atom. The second-order valence-electron chi connectivity index (χ2n) is 5.10. The lowest BCUT2D eigenvalue weighted by Gasteiger charge is -2.14. The number of alkyl halides is 3. The van der Waals surface area contributed by atoms with Gasteiger partial charge in [0.1, 0.15) is 11.6 Å².